The Morgan fingerprint density at radius 3 is 2.23 bits per heavy atom. The van der Waals surface area contributed by atoms with Crippen LogP contribution in [-0.2, 0) is 14.4 Å². The van der Waals surface area contributed by atoms with Crippen LogP contribution in [0.1, 0.15) is 17.2 Å². The van der Waals surface area contributed by atoms with Crippen molar-refractivity contribution in [2.45, 2.75) is 19.1 Å². The average Bonchev–Trinajstić information content (AvgIpc) is 3.26. The molecule has 1 N–H and O–H groups in total. The van der Waals surface area contributed by atoms with Gasteiger partial charge in [0.2, 0.25) is 5.91 Å². The van der Waals surface area contributed by atoms with E-state index in [0.29, 0.717) is 5.69 Å². The van der Waals surface area contributed by atoms with E-state index in [-0.39, 0.29) is 17.6 Å². The highest BCUT2D eigenvalue weighted by Crippen LogP contribution is 2.47. The van der Waals surface area contributed by atoms with Crippen LogP contribution in [0.25, 0.3) is 0 Å². The molecule has 3 aromatic carbocycles. The zero-order chi connectivity index (χ0) is 20.8. The van der Waals surface area contributed by atoms with E-state index in [1.54, 1.807) is 35.4 Å². The molecule has 2 amide bonds. The van der Waals surface area contributed by atoms with Crippen molar-refractivity contribution >= 4 is 23.2 Å². The maximum Gasteiger partial charge on any atom is 0.266 e. The van der Waals surface area contributed by atoms with Crippen LogP contribution in [0, 0.1) is 12.8 Å². The van der Waals surface area contributed by atoms with Crippen molar-refractivity contribution in [1.82, 2.24) is 0 Å². The fourth-order valence-corrected chi connectivity index (χ4v) is 4.25. The first-order chi connectivity index (χ1) is 14.5. The molecule has 0 spiro atoms. The van der Waals surface area contributed by atoms with Gasteiger partial charge in [0.15, 0.2) is 6.10 Å². The summed E-state index contributed by atoms with van der Waals surface area (Å²) in [6.07, 6.45) is -0.906. The van der Waals surface area contributed by atoms with Crippen LogP contribution in [-0.4, -0.2) is 23.0 Å². The van der Waals surface area contributed by atoms with Gasteiger partial charge in [0.1, 0.15) is 11.7 Å². The molecular formula is C24H20N2O4. The number of fused-ring (bicyclic) bond motifs is 1. The second kappa shape index (κ2) is 7.00. The Morgan fingerprint density at radius 1 is 0.833 bits per heavy atom. The molecule has 0 unspecified atom stereocenters. The number of imide groups is 1. The Bertz CT molecular complexity index is 1110. The van der Waals surface area contributed by atoms with E-state index in [4.69, 9.17) is 4.84 Å². The van der Waals surface area contributed by atoms with Crippen molar-refractivity contribution in [3.63, 3.8) is 0 Å². The number of hydrogen-bond acceptors (Lipinski definition) is 5. The van der Waals surface area contributed by atoms with Crippen molar-refractivity contribution in [1.29, 1.82) is 0 Å². The van der Waals surface area contributed by atoms with Crippen LogP contribution in [0.5, 0.6) is 5.75 Å². The van der Waals surface area contributed by atoms with Crippen LogP contribution in [0.3, 0.4) is 0 Å². The van der Waals surface area contributed by atoms with Crippen LogP contribution in [0.2, 0.25) is 0 Å². The lowest BCUT2D eigenvalue weighted by Crippen LogP contribution is -2.37. The minimum atomic E-state index is -0.906. The summed E-state index contributed by atoms with van der Waals surface area (Å²) < 4.78 is 0. The van der Waals surface area contributed by atoms with Crippen molar-refractivity contribution in [2.75, 3.05) is 9.96 Å². The molecule has 2 aliphatic rings. The molecule has 2 saturated heterocycles. The largest absolute Gasteiger partial charge is 0.508 e. The fraction of sp³-hybridized carbons (Fsp3) is 0.167. The summed E-state index contributed by atoms with van der Waals surface area (Å²) in [4.78, 5) is 34.0. The molecule has 2 aliphatic heterocycles. The molecule has 2 fully saturated rings. The SMILES string of the molecule is Cc1cccc(N2C(=O)[C@H]3[C@H](ON(c4ccccc4)[C@H]3c3ccc(O)cc3)C2=O)c1. The van der Waals surface area contributed by atoms with E-state index in [1.165, 1.54) is 4.90 Å². The van der Waals surface area contributed by atoms with Crippen molar-refractivity contribution in [3.05, 3.63) is 90.0 Å². The number of carbonyl (C=O) groups is 2. The summed E-state index contributed by atoms with van der Waals surface area (Å²) in [7, 11) is 0. The molecule has 0 aromatic heterocycles. The van der Waals surface area contributed by atoms with Crippen molar-refractivity contribution in [3.8, 4) is 5.75 Å². The Hall–Kier alpha value is -3.64. The van der Waals surface area contributed by atoms with Gasteiger partial charge in [-0.2, -0.15) is 0 Å². The molecule has 150 valence electrons. The first-order valence-corrected chi connectivity index (χ1v) is 9.79. The van der Waals surface area contributed by atoms with Crippen molar-refractivity contribution < 1.29 is 19.5 Å². The van der Waals surface area contributed by atoms with E-state index in [2.05, 4.69) is 0 Å². The molecule has 3 atom stereocenters. The molecule has 0 radical (unpaired) electrons. The van der Waals surface area contributed by atoms with Gasteiger partial charge in [-0.25, -0.2) is 9.96 Å². The number of rotatable bonds is 3. The standard InChI is InChI=1S/C24H20N2O4/c1-15-6-5-9-18(14-15)25-23(28)20-21(16-10-12-19(27)13-11-16)26(30-22(20)24(25)29)17-7-3-2-4-8-17/h2-14,20-22,27H,1H3/t20-,21+,22+/m1/s1. The number of hydrogen-bond donors (Lipinski definition) is 1. The monoisotopic (exact) mass is 400 g/mol. The third-order valence-corrected chi connectivity index (χ3v) is 5.62. The number of hydroxylamine groups is 1. The van der Waals surface area contributed by atoms with Crippen LogP contribution in [0.15, 0.2) is 78.9 Å². The molecule has 2 heterocycles. The Kier molecular flexibility index (Phi) is 4.29. The number of phenolic OH excluding ortho intramolecular Hbond substituents is 1. The fourth-order valence-electron chi connectivity index (χ4n) is 4.25. The molecule has 3 aromatic rings. The number of amides is 2. The highest BCUT2D eigenvalue weighted by atomic mass is 16.7. The summed E-state index contributed by atoms with van der Waals surface area (Å²) in [5, 5.41) is 11.4. The first-order valence-electron chi connectivity index (χ1n) is 9.79. The highest BCUT2D eigenvalue weighted by Gasteiger charge is 2.60. The molecule has 6 heteroatoms. The average molecular weight is 400 g/mol. The number of nitrogens with zero attached hydrogens (tertiary/aromatic N) is 2. The Labute approximate surface area is 173 Å². The van der Waals surface area contributed by atoms with E-state index in [0.717, 1.165) is 16.8 Å². The lowest BCUT2D eigenvalue weighted by atomic mass is 9.90. The van der Waals surface area contributed by atoms with E-state index in [1.807, 2.05) is 55.5 Å². The van der Waals surface area contributed by atoms with Crippen LogP contribution < -0.4 is 9.96 Å². The molecule has 6 nitrogen and oxygen atoms in total. The number of aryl methyl sites for hydroxylation is 1. The van der Waals surface area contributed by atoms with Gasteiger partial charge in [0.05, 0.1) is 17.4 Å². The van der Waals surface area contributed by atoms with E-state index in [9.17, 15) is 14.7 Å². The number of para-hydroxylation sites is 1. The Morgan fingerprint density at radius 2 is 1.53 bits per heavy atom. The quantitative estimate of drug-likeness (QED) is 0.678. The van der Waals surface area contributed by atoms with Gasteiger partial charge in [0, 0.05) is 0 Å². The third-order valence-electron chi connectivity index (χ3n) is 5.62. The second-order valence-corrected chi connectivity index (χ2v) is 7.60. The lowest BCUT2D eigenvalue weighted by molar-refractivity contribution is -0.126. The van der Waals surface area contributed by atoms with E-state index < -0.39 is 18.1 Å². The highest BCUT2D eigenvalue weighted by molar-refractivity contribution is 6.23. The molecule has 0 aliphatic carbocycles. The normalized spacial score (nSPS) is 23.2. The zero-order valence-electron chi connectivity index (χ0n) is 16.3. The van der Waals surface area contributed by atoms with Crippen LogP contribution >= 0.6 is 0 Å². The predicted molar refractivity (Wildman–Crippen MR) is 112 cm³/mol. The summed E-state index contributed by atoms with van der Waals surface area (Å²) >= 11 is 0. The molecule has 0 saturated carbocycles. The smallest absolute Gasteiger partial charge is 0.266 e. The van der Waals surface area contributed by atoms with Gasteiger partial charge in [-0.15, -0.1) is 0 Å². The van der Waals surface area contributed by atoms with Gasteiger partial charge in [-0.05, 0) is 54.4 Å². The maximum atomic E-state index is 13.5. The van der Waals surface area contributed by atoms with Gasteiger partial charge >= 0.3 is 0 Å². The van der Waals surface area contributed by atoms with Crippen molar-refractivity contribution in [2.24, 2.45) is 5.92 Å². The van der Waals surface area contributed by atoms with Gasteiger partial charge in [-0.1, -0.05) is 42.5 Å². The number of benzene rings is 3. The minimum Gasteiger partial charge on any atom is -0.508 e. The lowest BCUT2D eigenvalue weighted by Gasteiger charge is -2.28. The van der Waals surface area contributed by atoms with Crippen LogP contribution in [0.4, 0.5) is 11.4 Å². The molecule has 0 bridgehead atoms. The topological polar surface area (TPSA) is 70.1 Å². The molecular weight excluding hydrogens is 380 g/mol. The van der Waals surface area contributed by atoms with E-state index >= 15 is 0 Å². The number of phenols is 1. The number of aromatic hydroxyl groups is 1. The van der Waals surface area contributed by atoms with Gasteiger partial charge in [-0.3, -0.25) is 14.4 Å². The van der Waals surface area contributed by atoms with Gasteiger partial charge in [0.25, 0.3) is 5.91 Å². The predicted octanol–water partition coefficient (Wildman–Crippen LogP) is 3.75. The Balaban J connectivity index is 1.59. The number of anilines is 2. The first kappa shape index (κ1) is 18.4. The number of carbonyl (C=O) groups excluding carboxylic acids is 2. The summed E-state index contributed by atoms with van der Waals surface area (Å²) in [5.41, 5.74) is 3.06. The summed E-state index contributed by atoms with van der Waals surface area (Å²) in [6, 6.07) is 22.9. The summed E-state index contributed by atoms with van der Waals surface area (Å²) in [6.45, 7) is 1.92. The zero-order valence-corrected chi connectivity index (χ0v) is 16.3. The second-order valence-electron chi connectivity index (χ2n) is 7.60. The maximum absolute atomic E-state index is 13.5. The third kappa shape index (κ3) is 2.84. The van der Waals surface area contributed by atoms with Gasteiger partial charge < -0.3 is 5.11 Å². The molecule has 5 rings (SSSR count). The molecule has 30 heavy (non-hydrogen) atoms. The minimum absolute atomic E-state index is 0.135. The summed E-state index contributed by atoms with van der Waals surface area (Å²) in [5.74, 6) is -1.21.